The molecule has 0 aliphatic carbocycles. The van der Waals surface area contributed by atoms with Gasteiger partial charge in [-0.25, -0.2) is 4.39 Å². The Morgan fingerprint density at radius 1 is 1.44 bits per heavy atom. The van der Waals surface area contributed by atoms with E-state index in [9.17, 15) is 4.39 Å². The van der Waals surface area contributed by atoms with Gasteiger partial charge < -0.3 is 10.1 Å². The van der Waals surface area contributed by atoms with Gasteiger partial charge in [0.05, 0.1) is 0 Å². The third-order valence-corrected chi connectivity index (χ3v) is 2.71. The Kier molecular flexibility index (Phi) is 3.57. The molecule has 1 aliphatic rings. The van der Waals surface area contributed by atoms with Crippen molar-refractivity contribution in [3.05, 3.63) is 41.2 Å². The maximum absolute atomic E-state index is 12.9. The van der Waals surface area contributed by atoms with Crippen LogP contribution in [0.3, 0.4) is 0 Å². The van der Waals surface area contributed by atoms with Gasteiger partial charge in [0.2, 0.25) is 0 Å². The van der Waals surface area contributed by atoms with Crippen LogP contribution in [0.25, 0.3) is 0 Å². The number of aryl methyl sites for hydroxylation is 1. The molecule has 0 saturated carbocycles. The van der Waals surface area contributed by atoms with Crippen LogP contribution in [-0.4, -0.2) is 19.7 Å². The summed E-state index contributed by atoms with van der Waals surface area (Å²) in [5.41, 5.74) is 2.15. The predicted molar refractivity (Wildman–Crippen MR) is 62.2 cm³/mol. The van der Waals surface area contributed by atoms with E-state index in [0.717, 1.165) is 30.8 Å². The molecular formula is C13H16FNO. The first-order chi connectivity index (χ1) is 7.75. The number of hydrogen-bond acceptors (Lipinski definition) is 2. The fourth-order valence-electron chi connectivity index (χ4n) is 1.75. The lowest BCUT2D eigenvalue weighted by molar-refractivity contribution is 0.341. The fourth-order valence-corrected chi connectivity index (χ4v) is 1.75. The van der Waals surface area contributed by atoms with Crippen LogP contribution in [0.5, 0.6) is 5.75 Å². The van der Waals surface area contributed by atoms with Crippen LogP contribution in [0.15, 0.2) is 29.8 Å². The second-order valence-corrected chi connectivity index (χ2v) is 4.01. The molecule has 0 saturated heterocycles. The van der Waals surface area contributed by atoms with Crippen LogP contribution in [0.4, 0.5) is 4.39 Å². The van der Waals surface area contributed by atoms with E-state index in [0.29, 0.717) is 6.61 Å². The number of benzene rings is 1. The normalized spacial score (nSPS) is 15.8. The highest BCUT2D eigenvalue weighted by atomic mass is 19.1. The molecule has 0 aromatic heterocycles. The first-order valence-electron chi connectivity index (χ1n) is 5.53. The van der Waals surface area contributed by atoms with E-state index >= 15 is 0 Å². The van der Waals surface area contributed by atoms with Crippen LogP contribution in [0, 0.1) is 12.7 Å². The molecule has 2 nitrogen and oxygen atoms in total. The molecule has 0 atom stereocenters. The van der Waals surface area contributed by atoms with Gasteiger partial charge in [-0.3, -0.25) is 0 Å². The highest BCUT2D eigenvalue weighted by molar-refractivity contribution is 5.33. The largest absolute Gasteiger partial charge is 0.489 e. The molecule has 0 radical (unpaired) electrons. The van der Waals surface area contributed by atoms with Crippen molar-refractivity contribution in [1.29, 1.82) is 0 Å². The van der Waals surface area contributed by atoms with E-state index in [1.54, 1.807) is 6.07 Å². The van der Waals surface area contributed by atoms with E-state index in [4.69, 9.17) is 4.74 Å². The van der Waals surface area contributed by atoms with Crippen molar-refractivity contribution in [3.8, 4) is 5.75 Å². The quantitative estimate of drug-likeness (QED) is 0.791. The third-order valence-electron chi connectivity index (χ3n) is 2.71. The molecule has 3 heteroatoms. The zero-order chi connectivity index (χ0) is 11.4. The third kappa shape index (κ3) is 2.83. The molecule has 0 unspecified atom stereocenters. The van der Waals surface area contributed by atoms with Gasteiger partial charge in [-0.2, -0.15) is 0 Å². The Bertz CT molecular complexity index is 401. The van der Waals surface area contributed by atoms with Crippen molar-refractivity contribution >= 4 is 0 Å². The Labute approximate surface area is 95.1 Å². The van der Waals surface area contributed by atoms with Crippen LogP contribution in [-0.2, 0) is 0 Å². The molecule has 0 fully saturated rings. The van der Waals surface area contributed by atoms with E-state index in [2.05, 4.69) is 11.4 Å². The van der Waals surface area contributed by atoms with Gasteiger partial charge in [0.15, 0.2) is 0 Å². The summed E-state index contributed by atoms with van der Waals surface area (Å²) in [6.07, 6.45) is 3.18. The summed E-state index contributed by atoms with van der Waals surface area (Å²) in [5, 5.41) is 3.25. The van der Waals surface area contributed by atoms with Gasteiger partial charge in [-0.15, -0.1) is 0 Å². The molecule has 1 heterocycles. The van der Waals surface area contributed by atoms with Crippen molar-refractivity contribution in [2.45, 2.75) is 13.3 Å². The van der Waals surface area contributed by atoms with Gasteiger partial charge >= 0.3 is 0 Å². The smallest absolute Gasteiger partial charge is 0.123 e. The molecular weight excluding hydrogens is 205 g/mol. The average Bonchev–Trinajstić information content (AvgIpc) is 2.29. The molecule has 2 rings (SSSR count). The van der Waals surface area contributed by atoms with E-state index in [1.807, 2.05) is 6.92 Å². The van der Waals surface area contributed by atoms with Crippen LogP contribution < -0.4 is 10.1 Å². The maximum atomic E-state index is 12.9. The lowest BCUT2D eigenvalue weighted by Gasteiger charge is -2.15. The van der Waals surface area contributed by atoms with Gasteiger partial charge in [-0.05, 0) is 49.2 Å². The molecule has 86 valence electrons. The molecule has 1 aromatic carbocycles. The minimum atomic E-state index is -0.217. The second-order valence-electron chi connectivity index (χ2n) is 4.01. The molecule has 16 heavy (non-hydrogen) atoms. The molecule has 0 amide bonds. The summed E-state index contributed by atoms with van der Waals surface area (Å²) in [4.78, 5) is 0. The van der Waals surface area contributed by atoms with Gasteiger partial charge in [-0.1, -0.05) is 6.08 Å². The van der Waals surface area contributed by atoms with Gasteiger partial charge in [0.1, 0.15) is 18.2 Å². The summed E-state index contributed by atoms with van der Waals surface area (Å²) in [6.45, 7) is 4.39. The maximum Gasteiger partial charge on any atom is 0.123 e. The summed E-state index contributed by atoms with van der Waals surface area (Å²) in [5.74, 6) is 0.548. The predicted octanol–water partition coefficient (Wildman–Crippen LogP) is 2.43. The highest BCUT2D eigenvalue weighted by Gasteiger charge is 2.05. The molecule has 1 N–H and O–H groups in total. The highest BCUT2D eigenvalue weighted by Crippen LogP contribution is 2.19. The molecule has 0 bridgehead atoms. The standard InChI is InChI=1S/C13H16FNO/c1-10-8-12(14)2-3-13(10)16-9-11-4-6-15-7-5-11/h2-4,8,15H,5-7,9H2,1H3. The summed E-state index contributed by atoms with van der Waals surface area (Å²) in [6, 6.07) is 4.61. The first-order valence-corrected chi connectivity index (χ1v) is 5.53. The van der Waals surface area contributed by atoms with E-state index in [1.165, 1.54) is 17.7 Å². The number of rotatable bonds is 3. The summed E-state index contributed by atoms with van der Waals surface area (Å²) < 4.78 is 18.5. The Balaban J connectivity index is 1.96. The molecule has 1 aliphatic heterocycles. The second kappa shape index (κ2) is 5.12. The lowest BCUT2D eigenvalue weighted by atomic mass is 10.1. The Morgan fingerprint density at radius 2 is 2.31 bits per heavy atom. The number of nitrogens with one attached hydrogen (secondary N) is 1. The molecule has 1 aromatic rings. The van der Waals surface area contributed by atoms with Crippen molar-refractivity contribution in [2.24, 2.45) is 0 Å². The van der Waals surface area contributed by atoms with Crippen molar-refractivity contribution in [1.82, 2.24) is 5.32 Å². The monoisotopic (exact) mass is 221 g/mol. The minimum absolute atomic E-state index is 0.217. The van der Waals surface area contributed by atoms with Crippen LogP contribution >= 0.6 is 0 Å². The summed E-state index contributed by atoms with van der Waals surface area (Å²) in [7, 11) is 0. The number of ether oxygens (including phenoxy) is 1. The SMILES string of the molecule is Cc1cc(F)ccc1OCC1=CCNCC1. The zero-order valence-corrected chi connectivity index (χ0v) is 9.42. The van der Waals surface area contributed by atoms with Gasteiger partial charge in [0, 0.05) is 6.54 Å². The van der Waals surface area contributed by atoms with Crippen molar-refractivity contribution in [2.75, 3.05) is 19.7 Å². The zero-order valence-electron chi connectivity index (χ0n) is 9.42. The fraction of sp³-hybridized carbons (Fsp3) is 0.385. The summed E-state index contributed by atoms with van der Waals surface area (Å²) >= 11 is 0. The van der Waals surface area contributed by atoms with Crippen LogP contribution in [0.2, 0.25) is 0 Å². The van der Waals surface area contributed by atoms with Gasteiger partial charge in [0.25, 0.3) is 0 Å². The molecule has 0 spiro atoms. The lowest BCUT2D eigenvalue weighted by Crippen LogP contribution is -2.22. The van der Waals surface area contributed by atoms with Crippen LogP contribution in [0.1, 0.15) is 12.0 Å². The van der Waals surface area contributed by atoms with E-state index in [-0.39, 0.29) is 5.82 Å². The van der Waals surface area contributed by atoms with Crippen molar-refractivity contribution in [3.63, 3.8) is 0 Å². The minimum Gasteiger partial charge on any atom is -0.489 e. The Hall–Kier alpha value is -1.35. The topological polar surface area (TPSA) is 21.3 Å². The average molecular weight is 221 g/mol. The Morgan fingerprint density at radius 3 is 3.00 bits per heavy atom. The number of halogens is 1. The number of hydrogen-bond donors (Lipinski definition) is 1. The van der Waals surface area contributed by atoms with E-state index < -0.39 is 0 Å². The van der Waals surface area contributed by atoms with Crippen molar-refractivity contribution < 1.29 is 9.13 Å². The first kappa shape index (κ1) is 11.1.